The summed E-state index contributed by atoms with van der Waals surface area (Å²) < 4.78 is 13.3. The van der Waals surface area contributed by atoms with Gasteiger partial charge in [0.15, 0.2) is 0 Å². The van der Waals surface area contributed by atoms with Gasteiger partial charge in [-0.25, -0.2) is 4.39 Å². The summed E-state index contributed by atoms with van der Waals surface area (Å²) in [5.74, 6) is -0.0861. The molecule has 1 heterocycles. The molecule has 6 heteroatoms. The summed E-state index contributed by atoms with van der Waals surface area (Å²) in [6, 6.07) is 3.81. The van der Waals surface area contributed by atoms with Crippen LogP contribution in [0.1, 0.15) is 18.9 Å². The van der Waals surface area contributed by atoms with Gasteiger partial charge in [-0.3, -0.25) is 15.0 Å². The van der Waals surface area contributed by atoms with E-state index in [-0.39, 0.29) is 11.7 Å². The minimum absolute atomic E-state index is 0.109. The van der Waals surface area contributed by atoms with Crippen molar-refractivity contribution in [1.29, 1.82) is 0 Å². The van der Waals surface area contributed by atoms with Gasteiger partial charge in [0.1, 0.15) is 5.82 Å². The molecule has 2 unspecified atom stereocenters. The molecule has 1 aromatic carbocycles. The van der Waals surface area contributed by atoms with Gasteiger partial charge in [0.2, 0.25) is 0 Å². The van der Waals surface area contributed by atoms with Crippen LogP contribution in [0.2, 0.25) is 0 Å². The number of nitrogens with two attached hydrogens (primary N) is 1. The van der Waals surface area contributed by atoms with Crippen LogP contribution in [0, 0.1) is 21.8 Å². The first-order valence-electron chi connectivity index (χ1n) is 6.37. The molecule has 0 radical (unpaired) electrons. The van der Waals surface area contributed by atoms with E-state index in [0.29, 0.717) is 18.0 Å². The molecule has 0 saturated carbocycles. The number of nitro groups is 1. The minimum atomic E-state index is -0.573. The fourth-order valence-corrected chi connectivity index (χ4v) is 2.40. The average molecular weight is 267 g/mol. The van der Waals surface area contributed by atoms with E-state index in [0.717, 1.165) is 25.6 Å². The van der Waals surface area contributed by atoms with E-state index in [4.69, 9.17) is 5.73 Å². The normalized spacial score (nSPS) is 24.4. The van der Waals surface area contributed by atoms with Crippen molar-refractivity contribution in [1.82, 2.24) is 4.90 Å². The summed E-state index contributed by atoms with van der Waals surface area (Å²) in [7, 11) is 0. The van der Waals surface area contributed by atoms with Crippen molar-refractivity contribution in [3.63, 3.8) is 0 Å². The van der Waals surface area contributed by atoms with Crippen LogP contribution in [0.15, 0.2) is 18.2 Å². The number of hydrogen-bond acceptors (Lipinski definition) is 4. The molecule has 0 spiro atoms. The highest BCUT2D eigenvalue weighted by molar-refractivity contribution is 5.35. The highest BCUT2D eigenvalue weighted by Gasteiger charge is 2.23. The second kappa shape index (κ2) is 5.63. The Balaban J connectivity index is 2.09. The quantitative estimate of drug-likeness (QED) is 0.670. The standard InChI is InChI=1S/C13H18FN3O2/c1-9-2-3-16(8-13(9)15)7-10-4-11(14)6-12(5-10)17(18)19/h4-6,9,13H,2-3,7-8,15H2,1H3. The SMILES string of the molecule is CC1CCN(Cc2cc(F)cc([N+](=O)[O-])c2)CC1N. The van der Waals surface area contributed by atoms with Crippen LogP contribution in [0.5, 0.6) is 0 Å². The Morgan fingerprint density at radius 1 is 1.53 bits per heavy atom. The minimum Gasteiger partial charge on any atom is -0.326 e. The molecular formula is C13H18FN3O2. The topological polar surface area (TPSA) is 72.4 Å². The number of nitro benzene ring substituents is 1. The number of rotatable bonds is 3. The lowest BCUT2D eigenvalue weighted by molar-refractivity contribution is -0.385. The second-order valence-electron chi connectivity index (χ2n) is 5.24. The van der Waals surface area contributed by atoms with Gasteiger partial charge in [0.05, 0.1) is 11.0 Å². The summed E-state index contributed by atoms with van der Waals surface area (Å²) in [5, 5.41) is 10.7. The van der Waals surface area contributed by atoms with Crippen molar-refractivity contribution in [2.45, 2.75) is 25.9 Å². The van der Waals surface area contributed by atoms with Crippen LogP contribution < -0.4 is 5.73 Å². The van der Waals surface area contributed by atoms with E-state index in [9.17, 15) is 14.5 Å². The lowest BCUT2D eigenvalue weighted by atomic mass is 9.94. The maximum atomic E-state index is 13.3. The fourth-order valence-electron chi connectivity index (χ4n) is 2.40. The van der Waals surface area contributed by atoms with Gasteiger partial charge in [0.25, 0.3) is 5.69 Å². The molecule has 1 aromatic rings. The van der Waals surface area contributed by atoms with Crippen molar-refractivity contribution in [3.05, 3.63) is 39.7 Å². The zero-order valence-corrected chi connectivity index (χ0v) is 10.9. The van der Waals surface area contributed by atoms with Gasteiger partial charge in [-0.1, -0.05) is 6.92 Å². The van der Waals surface area contributed by atoms with Crippen LogP contribution in [0.4, 0.5) is 10.1 Å². The van der Waals surface area contributed by atoms with Gasteiger partial charge in [0, 0.05) is 25.2 Å². The predicted octanol–water partition coefficient (Wildman–Crippen LogP) is 1.90. The van der Waals surface area contributed by atoms with Crippen molar-refractivity contribution >= 4 is 5.69 Å². The molecule has 0 aromatic heterocycles. The monoisotopic (exact) mass is 267 g/mol. The Morgan fingerprint density at radius 2 is 2.26 bits per heavy atom. The third-order valence-electron chi connectivity index (χ3n) is 3.66. The Bertz CT molecular complexity index is 481. The zero-order chi connectivity index (χ0) is 14.0. The maximum absolute atomic E-state index is 13.3. The summed E-state index contributed by atoms with van der Waals surface area (Å²) in [6.07, 6.45) is 0.999. The molecule has 19 heavy (non-hydrogen) atoms. The van der Waals surface area contributed by atoms with Crippen molar-refractivity contribution in [2.24, 2.45) is 11.7 Å². The Kier molecular flexibility index (Phi) is 4.11. The van der Waals surface area contributed by atoms with Gasteiger partial charge in [-0.2, -0.15) is 0 Å². The number of nitrogens with zero attached hydrogens (tertiary/aromatic N) is 2. The fraction of sp³-hybridized carbons (Fsp3) is 0.538. The van der Waals surface area contributed by atoms with Gasteiger partial charge in [-0.05, 0) is 30.5 Å². The average Bonchev–Trinajstić information content (AvgIpc) is 2.33. The Labute approximate surface area is 111 Å². The van der Waals surface area contributed by atoms with E-state index in [1.54, 1.807) is 0 Å². The van der Waals surface area contributed by atoms with Crippen LogP contribution in [-0.2, 0) is 6.54 Å². The first-order valence-corrected chi connectivity index (χ1v) is 6.37. The Morgan fingerprint density at radius 3 is 2.89 bits per heavy atom. The highest BCUT2D eigenvalue weighted by atomic mass is 19.1. The number of benzene rings is 1. The van der Waals surface area contributed by atoms with Gasteiger partial charge >= 0.3 is 0 Å². The second-order valence-corrected chi connectivity index (χ2v) is 5.24. The maximum Gasteiger partial charge on any atom is 0.272 e. The van der Waals surface area contributed by atoms with Crippen LogP contribution in [0.3, 0.4) is 0 Å². The largest absolute Gasteiger partial charge is 0.326 e. The molecule has 1 fully saturated rings. The van der Waals surface area contributed by atoms with E-state index < -0.39 is 10.7 Å². The molecule has 1 aliphatic rings. The lowest BCUT2D eigenvalue weighted by Crippen LogP contribution is -2.47. The molecule has 2 N–H and O–H groups in total. The first-order chi connectivity index (χ1) is 8.95. The molecule has 104 valence electrons. The lowest BCUT2D eigenvalue weighted by Gasteiger charge is -2.35. The van der Waals surface area contributed by atoms with Gasteiger partial charge < -0.3 is 5.73 Å². The summed E-state index contributed by atoms with van der Waals surface area (Å²) in [6.45, 7) is 4.25. The van der Waals surface area contributed by atoms with Crippen molar-refractivity contribution in [3.8, 4) is 0 Å². The van der Waals surface area contributed by atoms with Crippen molar-refractivity contribution in [2.75, 3.05) is 13.1 Å². The number of hydrogen-bond donors (Lipinski definition) is 1. The molecule has 2 rings (SSSR count). The molecule has 2 atom stereocenters. The highest BCUT2D eigenvalue weighted by Crippen LogP contribution is 2.21. The number of halogens is 1. The Hall–Kier alpha value is -1.53. The van der Waals surface area contributed by atoms with E-state index in [1.165, 1.54) is 12.1 Å². The van der Waals surface area contributed by atoms with Crippen LogP contribution >= 0.6 is 0 Å². The zero-order valence-electron chi connectivity index (χ0n) is 10.9. The predicted molar refractivity (Wildman–Crippen MR) is 70.1 cm³/mol. The van der Waals surface area contributed by atoms with E-state index in [2.05, 4.69) is 11.8 Å². The third kappa shape index (κ3) is 3.48. The third-order valence-corrected chi connectivity index (χ3v) is 3.66. The molecule has 1 aliphatic heterocycles. The van der Waals surface area contributed by atoms with E-state index in [1.807, 2.05) is 0 Å². The molecule has 5 nitrogen and oxygen atoms in total. The van der Waals surface area contributed by atoms with Crippen molar-refractivity contribution < 1.29 is 9.31 Å². The molecule has 0 bridgehead atoms. The first kappa shape index (κ1) is 13.9. The number of non-ortho nitro benzene ring substituents is 1. The summed E-state index contributed by atoms with van der Waals surface area (Å²) in [4.78, 5) is 12.2. The van der Waals surface area contributed by atoms with Gasteiger partial charge in [-0.15, -0.1) is 0 Å². The van der Waals surface area contributed by atoms with Crippen LogP contribution in [0.25, 0.3) is 0 Å². The van der Waals surface area contributed by atoms with Crippen LogP contribution in [-0.4, -0.2) is 29.0 Å². The molecule has 0 amide bonds. The summed E-state index contributed by atoms with van der Waals surface area (Å²) in [5.41, 5.74) is 6.42. The van der Waals surface area contributed by atoms with E-state index >= 15 is 0 Å². The smallest absolute Gasteiger partial charge is 0.272 e. The number of likely N-dealkylation sites (tertiary alicyclic amines) is 1. The number of piperidine rings is 1. The summed E-state index contributed by atoms with van der Waals surface area (Å²) >= 11 is 0. The molecule has 1 saturated heterocycles. The molecular weight excluding hydrogens is 249 g/mol. The molecule has 0 aliphatic carbocycles.